The van der Waals surface area contributed by atoms with Gasteiger partial charge in [0.05, 0.1) is 4.87 Å². The summed E-state index contributed by atoms with van der Waals surface area (Å²) in [5.41, 5.74) is 0.807. The molecule has 15 heavy (non-hydrogen) atoms. The highest BCUT2D eigenvalue weighted by Gasteiger charge is 2.27. The van der Waals surface area contributed by atoms with Gasteiger partial charge >= 0.3 is 0 Å². The fourth-order valence-electron chi connectivity index (χ4n) is 1.89. The van der Waals surface area contributed by atoms with Gasteiger partial charge < -0.3 is 5.32 Å². The Morgan fingerprint density at radius 3 is 2.93 bits per heavy atom. The third kappa shape index (κ3) is 2.73. The van der Waals surface area contributed by atoms with Gasteiger partial charge in [-0.05, 0) is 37.3 Å². The van der Waals surface area contributed by atoms with Gasteiger partial charge in [-0.15, -0.1) is 11.8 Å². The molecule has 0 saturated carbocycles. The van der Waals surface area contributed by atoms with Crippen molar-refractivity contribution >= 4 is 11.8 Å². The summed E-state index contributed by atoms with van der Waals surface area (Å²) >= 11 is 1.89. The van der Waals surface area contributed by atoms with E-state index in [4.69, 9.17) is 0 Å². The standard InChI is InChI=1S/C12H16FNS/c1-12(14-7-4-8-15-12)9-10-5-2-3-6-11(10)13/h2-3,5-6,14H,4,7-9H2,1H3. The van der Waals surface area contributed by atoms with Gasteiger partial charge in [-0.3, -0.25) is 0 Å². The summed E-state index contributed by atoms with van der Waals surface area (Å²) in [5.74, 6) is 1.07. The van der Waals surface area contributed by atoms with Crippen molar-refractivity contribution < 1.29 is 4.39 Å². The molecule has 0 spiro atoms. The molecule has 0 radical (unpaired) electrons. The summed E-state index contributed by atoms with van der Waals surface area (Å²) in [6.07, 6.45) is 1.96. The van der Waals surface area contributed by atoms with Crippen LogP contribution < -0.4 is 5.32 Å². The van der Waals surface area contributed by atoms with Gasteiger partial charge in [0, 0.05) is 6.42 Å². The van der Waals surface area contributed by atoms with E-state index in [-0.39, 0.29) is 10.7 Å². The number of benzene rings is 1. The van der Waals surface area contributed by atoms with Gasteiger partial charge in [0.1, 0.15) is 5.82 Å². The van der Waals surface area contributed by atoms with E-state index in [1.54, 1.807) is 6.07 Å². The monoisotopic (exact) mass is 225 g/mol. The first-order valence-electron chi connectivity index (χ1n) is 5.32. The van der Waals surface area contributed by atoms with E-state index < -0.39 is 0 Å². The molecule has 1 N–H and O–H groups in total. The summed E-state index contributed by atoms with van der Waals surface area (Å²) in [4.78, 5) is 0.000440. The smallest absolute Gasteiger partial charge is 0.126 e. The average Bonchev–Trinajstić information content (AvgIpc) is 2.22. The van der Waals surface area contributed by atoms with Crippen LogP contribution in [0.15, 0.2) is 24.3 Å². The first kappa shape index (κ1) is 11.0. The van der Waals surface area contributed by atoms with Crippen molar-refractivity contribution in [1.29, 1.82) is 0 Å². The molecule has 1 fully saturated rings. The fourth-order valence-corrected chi connectivity index (χ4v) is 3.09. The molecule has 0 aromatic heterocycles. The van der Waals surface area contributed by atoms with E-state index in [9.17, 15) is 4.39 Å². The Labute approximate surface area is 94.5 Å². The summed E-state index contributed by atoms with van der Waals surface area (Å²) in [5, 5.41) is 3.47. The molecular formula is C12H16FNS. The van der Waals surface area contributed by atoms with Gasteiger partial charge in [-0.1, -0.05) is 18.2 Å². The van der Waals surface area contributed by atoms with Crippen LogP contribution in [0.1, 0.15) is 18.9 Å². The third-order valence-electron chi connectivity index (χ3n) is 2.73. The van der Waals surface area contributed by atoms with Crippen LogP contribution in [-0.2, 0) is 6.42 Å². The van der Waals surface area contributed by atoms with Crippen molar-refractivity contribution in [1.82, 2.24) is 5.32 Å². The molecule has 2 rings (SSSR count). The maximum Gasteiger partial charge on any atom is 0.126 e. The minimum Gasteiger partial charge on any atom is -0.303 e. The minimum atomic E-state index is -0.0910. The van der Waals surface area contributed by atoms with E-state index >= 15 is 0 Å². The highest BCUT2D eigenvalue weighted by atomic mass is 32.2. The molecule has 1 aliphatic rings. The van der Waals surface area contributed by atoms with Crippen LogP contribution in [0.5, 0.6) is 0 Å². The largest absolute Gasteiger partial charge is 0.303 e. The topological polar surface area (TPSA) is 12.0 Å². The molecule has 82 valence electrons. The zero-order valence-corrected chi connectivity index (χ0v) is 9.74. The lowest BCUT2D eigenvalue weighted by Crippen LogP contribution is -2.45. The number of nitrogens with one attached hydrogen (secondary N) is 1. The number of halogens is 1. The Bertz CT molecular complexity index is 334. The van der Waals surface area contributed by atoms with Gasteiger partial charge in [0.25, 0.3) is 0 Å². The van der Waals surface area contributed by atoms with Crippen molar-refractivity contribution in [2.45, 2.75) is 24.6 Å². The Morgan fingerprint density at radius 2 is 2.27 bits per heavy atom. The van der Waals surface area contributed by atoms with Crippen LogP contribution in [0.4, 0.5) is 4.39 Å². The van der Waals surface area contributed by atoms with Crippen LogP contribution in [0.25, 0.3) is 0 Å². The number of thioether (sulfide) groups is 1. The zero-order valence-electron chi connectivity index (χ0n) is 8.92. The Hall–Kier alpha value is -0.540. The molecule has 3 heteroatoms. The second-order valence-corrected chi connectivity index (χ2v) is 5.73. The normalized spacial score (nSPS) is 26.5. The van der Waals surface area contributed by atoms with E-state index in [2.05, 4.69) is 12.2 Å². The highest BCUT2D eigenvalue weighted by Crippen LogP contribution is 2.30. The second-order valence-electron chi connectivity index (χ2n) is 4.13. The predicted molar refractivity (Wildman–Crippen MR) is 63.6 cm³/mol. The molecule has 1 saturated heterocycles. The van der Waals surface area contributed by atoms with Crippen molar-refractivity contribution in [2.24, 2.45) is 0 Å². The van der Waals surface area contributed by atoms with Crippen LogP contribution in [0, 0.1) is 5.82 Å². The van der Waals surface area contributed by atoms with Crippen molar-refractivity contribution in [2.75, 3.05) is 12.3 Å². The Morgan fingerprint density at radius 1 is 1.47 bits per heavy atom. The van der Waals surface area contributed by atoms with Crippen LogP contribution in [0.3, 0.4) is 0 Å². The number of rotatable bonds is 2. The average molecular weight is 225 g/mol. The predicted octanol–water partition coefficient (Wildman–Crippen LogP) is 2.81. The number of hydrogen-bond donors (Lipinski definition) is 1. The highest BCUT2D eigenvalue weighted by molar-refractivity contribution is 8.00. The molecule has 1 nitrogen and oxygen atoms in total. The summed E-state index contributed by atoms with van der Waals surface area (Å²) < 4.78 is 13.5. The first-order chi connectivity index (χ1) is 7.20. The summed E-state index contributed by atoms with van der Waals surface area (Å²) in [6.45, 7) is 3.20. The molecule has 1 aromatic rings. The van der Waals surface area contributed by atoms with E-state index in [0.29, 0.717) is 0 Å². The summed E-state index contributed by atoms with van der Waals surface area (Å²) in [7, 11) is 0. The lowest BCUT2D eigenvalue weighted by molar-refractivity contribution is 0.473. The quantitative estimate of drug-likeness (QED) is 0.830. The molecule has 0 bridgehead atoms. The Balaban J connectivity index is 2.10. The van der Waals surface area contributed by atoms with Gasteiger partial charge in [0.2, 0.25) is 0 Å². The molecule has 1 unspecified atom stereocenters. The molecule has 0 amide bonds. The molecule has 1 heterocycles. The van der Waals surface area contributed by atoms with Gasteiger partial charge in [-0.25, -0.2) is 4.39 Å². The van der Waals surface area contributed by atoms with Crippen molar-refractivity contribution in [3.63, 3.8) is 0 Å². The van der Waals surface area contributed by atoms with E-state index in [0.717, 1.165) is 24.3 Å². The molecule has 0 aliphatic carbocycles. The van der Waals surface area contributed by atoms with Gasteiger partial charge in [0.15, 0.2) is 0 Å². The van der Waals surface area contributed by atoms with Crippen molar-refractivity contribution in [3.8, 4) is 0 Å². The van der Waals surface area contributed by atoms with Gasteiger partial charge in [-0.2, -0.15) is 0 Å². The lowest BCUT2D eigenvalue weighted by atomic mass is 10.1. The number of hydrogen-bond acceptors (Lipinski definition) is 2. The first-order valence-corrected chi connectivity index (χ1v) is 6.31. The van der Waals surface area contributed by atoms with E-state index in [1.807, 2.05) is 23.9 Å². The molecule has 1 aliphatic heterocycles. The maximum atomic E-state index is 13.5. The minimum absolute atomic E-state index is 0.000440. The summed E-state index contributed by atoms with van der Waals surface area (Å²) in [6, 6.07) is 7.04. The Kier molecular flexibility index (Phi) is 3.32. The zero-order chi connectivity index (χ0) is 10.7. The van der Waals surface area contributed by atoms with Crippen LogP contribution in [0.2, 0.25) is 0 Å². The van der Waals surface area contributed by atoms with Crippen LogP contribution in [-0.4, -0.2) is 17.2 Å². The maximum absolute atomic E-state index is 13.5. The fraction of sp³-hybridized carbons (Fsp3) is 0.500. The van der Waals surface area contributed by atoms with Crippen LogP contribution >= 0.6 is 11.8 Å². The molecule has 1 atom stereocenters. The SMILES string of the molecule is CC1(Cc2ccccc2F)NCCCS1. The molecular weight excluding hydrogens is 209 g/mol. The molecule has 1 aromatic carbocycles. The lowest BCUT2D eigenvalue weighted by Gasteiger charge is -2.34. The second kappa shape index (κ2) is 4.54. The van der Waals surface area contributed by atoms with E-state index in [1.165, 1.54) is 12.5 Å². The third-order valence-corrected chi connectivity index (χ3v) is 4.14. The van der Waals surface area contributed by atoms with Crippen molar-refractivity contribution in [3.05, 3.63) is 35.6 Å².